The van der Waals surface area contributed by atoms with Crippen LogP contribution in [0.15, 0.2) is 52.4 Å². The van der Waals surface area contributed by atoms with Gasteiger partial charge in [-0.25, -0.2) is 8.42 Å². The smallest absolute Gasteiger partial charge is 0.360 e. The van der Waals surface area contributed by atoms with Gasteiger partial charge in [0.05, 0.1) is 17.0 Å². The average Bonchev–Trinajstić information content (AvgIpc) is 2.98. The predicted octanol–water partition coefficient (Wildman–Crippen LogP) is 2.82. The summed E-state index contributed by atoms with van der Waals surface area (Å²) in [6, 6.07) is 4.72. The Kier molecular flexibility index (Phi) is 6.06. The molecule has 0 aliphatic rings. The first-order valence-electron chi connectivity index (χ1n) is 7.55. The van der Waals surface area contributed by atoms with Crippen molar-refractivity contribution in [2.24, 2.45) is 0 Å². The number of nitrogens with zero attached hydrogens (tertiary/aromatic N) is 2. The first-order chi connectivity index (χ1) is 12.5. The molecule has 1 N–H and O–H groups in total. The molecule has 0 atom stereocenters. The van der Waals surface area contributed by atoms with E-state index in [2.05, 4.69) is 17.1 Å². The summed E-state index contributed by atoms with van der Waals surface area (Å²) in [6.45, 7) is 4.10. The van der Waals surface area contributed by atoms with E-state index >= 15 is 0 Å². The summed E-state index contributed by atoms with van der Waals surface area (Å²) in [6.07, 6.45) is -3.48. The molecule has 1 aromatic carbocycles. The number of hydrogen-bond acceptors (Lipinski definition) is 5. The maximum atomic E-state index is 12.9. The van der Waals surface area contributed by atoms with Crippen LogP contribution < -0.4 is 5.32 Å². The highest BCUT2D eigenvalue weighted by Crippen LogP contribution is 2.31. The van der Waals surface area contributed by atoms with Crippen molar-refractivity contribution in [3.63, 3.8) is 0 Å². The minimum atomic E-state index is -4.70. The Morgan fingerprint density at radius 3 is 2.63 bits per heavy atom. The van der Waals surface area contributed by atoms with Crippen molar-refractivity contribution in [3.8, 4) is 0 Å². The normalized spacial score (nSPS) is 12.2. The molecule has 0 fully saturated rings. The molecule has 0 aliphatic carbocycles. The summed E-state index contributed by atoms with van der Waals surface area (Å²) >= 11 is 0. The monoisotopic (exact) mass is 403 g/mol. The molecule has 0 saturated heterocycles. The molecule has 7 nitrogen and oxygen atoms in total. The fourth-order valence-corrected chi connectivity index (χ4v) is 3.55. The standard InChI is InChI=1S/C16H16F3N3O4S/c1-3-7-22(10-15(23)20-14-8-11(2)26-21-14)27(24,25)13-6-4-5-12(9-13)16(17,18)19/h3-6,8-9H,1,7,10H2,2H3,(H,20,21,23). The van der Waals surface area contributed by atoms with Crippen molar-refractivity contribution in [3.05, 3.63) is 54.3 Å². The third-order valence-electron chi connectivity index (χ3n) is 3.35. The van der Waals surface area contributed by atoms with E-state index in [0.717, 1.165) is 18.2 Å². The number of hydrogen-bond donors (Lipinski definition) is 1. The van der Waals surface area contributed by atoms with Gasteiger partial charge in [-0.15, -0.1) is 6.58 Å². The number of halogens is 3. The fourth-order valence-electron chi connectivity index (χ4n) is 2.14. The highest BCUT2D eigenvalue weighted by Gasteiger charge is 2.33. The van der Waals surface area contributed by atoms with E-state index < -0.39 is 39.1 Å². The van der Waals surface area contributed by atoms with Gasteiger partial charge in [-0.1, -0.05) is 17.3 Å². The zero-order valence-electron chi connectivity index (χ0n) is 14.2. The fraction of sp³-hybridized carbons (Fsp3) is 0.250. The summed E-state index contributed by atoms with van der Waals surface area (Å²) < 4.78 is 69.4. The number of rotatable bonds is 7. The number of carbonyl (C=O) groups is 1. The third-order valence-corrected chi connectivity index (χ3v) is 5.15. The molecule has 0 bridgehead atoms. The maximum absolute atomic E-state index is 12.9. The molecule has 1 amide bonds. The highest BCUT2D eigenvalue weighted by molar-refractivity contribution is 7.89. The predicted molar refractivity (Wildman–Crippen MR) is 90.3 cm³/mol. The number of aryl methyl sites for hydroxylation is 1. The van der Waals surface area contributed by atoms with Crippen LogP contribution in [-0.2, 0) is 21.0 Å². The zero-order valence-corrected chi connectivity index (χ0v) is 15.0. The van der Waals surface area contributed by atoms with Crippen LogP contribution in [0.4, 0.5) is 19.0 Å². The molecule has 1 aromatic heterocycles. The van der Waals surface area contributed by atoms with E-state index in [0.29, 0.717) is 16.1 Å². The van der Waals surface area contributed by atoms with E-state index in [4.69, 9.17) is 4.52 Å². The van der Waals surface area contributed by atoms with Crippen molar-refractivity contribution in [2.45, 2.75) is 18.0 Å². The van der Waals surface area contributed by atoms with Crippen LogP contribution in [0.25, 0.3) is 0 Å². The van der Waals surface area contributed by atoms with E-state index in [9.17, 15) is 26.4 Å². The van der Waals surface area contributed by atoms with Gasteiger partial charge >= 0.3 is 6.18 Å². The molecule has 0 saturated carbocycles. The average molecular weight is 403 g/mol. The number of alkyl halides is 3. The highest BCUT2D eigenvalue weighted by atomic mass is 32.2. The van der Waals surface area contributed by atoms with Crippen LogP contribution in [0.5, 0.6) is 0 Å². The largest absolute Gasteiger partial charge is 0.416 e. The van der Waals surface area contributed by atoms with E-state index in [1.807, 2.05) is 0 Å². The van der Waals surface area contributed by atoms with Gasteiger partial charge in [0.2, 0.25) is 15.9 Å². The number of aromatic nitrogens is 1. The van der Waals surface area contributed by atoms with Crippen LogP contribution >= 0.6 is 0 Å². The van der Waals surface area contributed by atoms with Gasteiger partial charge in [-0.3, -0.25) is 4.79 Å². The molecule has 0 radical (unpaired) electrons. The van der Waals surface area contributed by atoms with Crippen molar-refractivity contribution in [1.29, 1.82) is 0 Å². The minimum Gasteiger partial charge on any atom is -0.360 e. The lowest BCUT2D eigenvalue weighted by Gasteiger charge is -2.20. The summed E-state index contributed by atoms with van der Waals surface area (Å²) in [5.74, 6) is -0.210. The Labute approximate surface area is 153 Å². The number of amides is 1. The lowest BCUT2D eigenvalue weighted by atomic mass is 10.2. The van der Waals surface area contributed by atoms with Gasteiger partial charge in [0, 0.05) is 12.6 Å². The number of sulfonamides is 1. The lowest BCUT2D eigenvalue weighted by Crippen LogP contribution is -2.38. The molecule has 2 rings (SSSR count). The summed E-state index contributed by atoms with van der Waals surface area (Å²) in [7, 11) is -4.37. The topological polar surface area (TPSA) is 92.5 Å². The third kappa shape index (κ3) is 5.17. The van der Waals surface area contributed by atoms with Gasteiger partial charge < -0.3 is 9.84 Å². The second-order valence-corrected chi connectivity index (χ2v) is 7.42. The van der Waals surface area contributed by atoms with Gasteiger partial charge in [0.25, 0.3) is 0 Å². The number of nitrogens with one attached hydrogen (secondary N) is 1. The molecule has 0 aliphatic heterocycles. The van der Waals surface area contributed by atoms with Crippen LogP contribution in [0, 0.1) is 6.92 Å². The van der Waals surface area contributed by atoms with Gasteiger partial charge in [-0.2, -0.15) is 17.5 Å². The van der Waals surface area contributed by atoms with Crippen LogP contribution in [-0.4, -0.2) is 36.9 Å². The molecule has 27 heavy (non-hydrogen) atoms. The second-order valence-electron chi connectivity index (χ2n) is 5.48. The van der Waals surface area contributed by atoms with Crippen LogP contribution in [0.2, 0.25) is 0 Å². The van der Waals surface area contributed by atoms with Crippen molar-refractivity contribution < 1.29 is 30.9 Å². The lowest BCUT2D eigenvalue weighted by molar-refractivity contribution is -0.137. The number of carbonyl (C=O) groups excluding carboxylic acids is 1. The Hall–Kier alpha value is -2.66. The van der Waals surface area contributed by atoms with E-state index in [-0.39, 0.29) is 12.4 Å². The minimum absolute atomic E-state index is 0.0903. The second kappa shape index (κ2) is 7.92. The molecule has 0 spiro atoms. The molecule has 146 valence electrons. The number of anilines is 1. The van der Waals surface area contributed by atoms with Crippen molar-refractivity contribution >= 4 is 21.7 Å². The number of benzene rings is 1. The first kappa shape index (κ1) is 20.6. The summed E-state index contributed by atoms with van der Waals surface area (Å²) in [4.78, 5) is 11.5. The van der Waals surface area contributed by atoms with Crippen molar-refractivity contribution in [2.75, 3.05) is 18.4 Å². The Morgan fingerprint density at radius 1 is 1.37 bits per heavy atom. The van der Waals surface area contributed by atoms with Crippen molar-refractivity contribution in [1.82, 2.24) is 9.46 Å². The molecule has 11 heteroatoms. The first-order valence-corrected chi connectivity index (χ1v) is 8.99. The van der Waals surface area contributed by atoms with Gasteiger partial charge in [0.1, 0.15) is 5.76 Å². The Morgan fingerprint density at radius 2 is 2.07 bits per heavy atom. The summed E-state index contributed by atoms with van der Waals surface area (Å²) in [5.41, 5.74) is -1.11. The molecule has 0 unspecified atom stereocenters. The van der Waals surface area contributed by atoms with Crippen LogP contribution in [0.1, 0.15) is 11.3 Å². The summed E-state index contributed by atoms with van der Waals surface area (Å²) in [5, 5.41) is 5.89. The van der Waals surface area contributed by atoms with E-state index in [1.165, 1.54) is 12.1 Å². The van der Waals surface area contributed by atoms with Gasteiger partial charge in [0.15, 0.2) is 5.82 Å². The SMILES string of the molecule is C=CCN(CC(=O)Nc1cc(C)on1)S(=O)(=O)c1cccc(C(F)(F)F)c1. The Balaban J connectivity index is 2.26. The maximum Gasteiger partial charge on any atom is 0.416 e. The quantitative estimate of drug-likeness (QED) is 0.718. The molecule has 2 aromatic rings. The molecular formula is C16H16F3N3O4S. The van der Waals surface area contributed by atoms with E-state index in [1.54, 1.807) is 6.92 Å². The van der Waals surface area contributed by atoms with Crippen LogP contribution in [0.3, 0.4) is 0 Å². The molecule has 1 heterocycles. The molecular weight excluding hydrogens is 387 g/mol. The Bertz CT molecular complexity index is 938. The zero-order chi connectivity index (χ0) is 20.2. The van der Waals surface area contributed by atoms with Gasteiger partial charge in [-0.05, 0) is 25.1 Å².